The van der Waals surface area contributed by atoms with Gasteiger partial charge in [0.05, 0.1) is 31.9 Å². The fourth-order valence-electron chi connectivity index (χ4n) is 3.56. The number of quaternary nitrogens is 1. The maximum absolute atomic E-state index is 12.6. The van der Waals surface area contributed by atoms with Gasteiger partial charge >= 0.3 is 0 Å². The largest absolute Gasteiger partial charge is 0.351 e. The first-order chi connectivity index (χ1) is 12.9. The molecule has 0 atom stereocenters. The second kappa shape index (κ2) is 10.7. The molecule has 1 aliphatic heterocycles. The highest BCUT2D eigenvalue weighted by atomic mass is 32.2. The zero-order valence-corrected chi connectivity index (χ0v) is 18.0. The van der Waals surface area contributed by atoms with Gasteiger partial charge in [0, 0.05) is 11.4 Å². The van der Waals surface area contributed by atoms with Crippen LogP contribution in [0.1, 0.15) is 36.5 Å². The van der Waals surface area contributed by atoms with E-state index in [1.807, 2.05) is 4.90 Å². The molecule has 0 aromatic heterocycles. The van der Waals surface area contributed by atoms with Gasteiger partial charge in [0.15, 0.2) is 6.54 Å². The standard InChI is InChI=1S/C21H33N3O2S/c1-5-6-7-22-19(25)14-23-8-10-24(11-9-23)20(26)15-27-21-17(3)12-16(2)13-18(21)4/h12-13H,5-11,14-15H2,1-4H3,(H,22,25)/p+1. The summed E-state index contributed by atoms with van der Waals surface area (Å²) in [5, 5.41) is 2.97. The van der Waals surface area contributed by atoms with Crippen LogP contribution in [0.5, 0.6) is 0 Å². The molecule has 0 spiro atoms. The van der Waals surface area contributed by atoms with E-state index in [1.165, 1.54) is 26.5 Å². The van der Waals surface area contributed by atoms with Crippen LogP contribution >= 0.6 is 11.8 Å². The van der Waals surface area contributed by atoms with Gasteiger partial charge in [-0.15, -0.1) is 11.8 Å². The van der Waals surface area contributed by atoms with E-state index in [2.05, 4.69) is 45.1 Å². The number of piperazine rings is 1. The first kappa shape index (κ1) is 21.8. The summed E-state index contributed by atoms with van der Waals surface area (Å²) >= 11 is 1.64. The SMILES string of the molecule is CCCCNC(=O)C[NH+]1CCN(C(=O)CSc2c(C)cc(C)cc2C)CC1. The number of carbonyl (C=O) groups excluding carboxylic acids is 2. The number of hydrogen-bond acceptors (Lipinski definition) is 3. The molecule has 1 aromatic rings. The molecule has 1 heterocycles. The summed E-state index contributed by atoms with van der Waals surface area (Å²) in [7, 11) is 0. The molecule has 27 heavy (non-hydrogen) atoms. The summed E-state index contributed by atoms with van der Waals surface area (Å²) in [6, 6.07) is 4.35. The number of amides is 2. The lowest BCUT2D eigenvalue weighted by molar-refractivity contribution is -0.896. The number of thioether (sulfide) groups is 1. The third kappa shape index (κ3) is 6.85. The molecule has 1 aromatic carbocycles. The van der Waals surface area contributed by atoms with Crippen LogP contribution in [0.15, 0.2) is 17.0 Å². The lowest BCUT2D eigenvalue weighted by atomic mass is 10.1. The molecule has 5 nitrogen and oxygen atoms in total. The fraction of sp³-hybridized carbons (Fsp3) is 0.619. The molecule has 0 unspecified atom stereocenters. The van der Waals surface area contributed by atoms with Crippen LogP contribution in [-0.4, -0.2) is 61.7 Å². The van der Waals surface area contributed by atoms with Gasteiger partial charge in [-0.1, -0.05) is 31.0 Å². The Labute approximate surface area is 167 Å². The molecule has 2 N–H and O–H groups in total. The van der Waals surface area contributed by atoms with Crippen molar-refractivity contribution in [2.24, 2.45) is 0 Å². The Morgan fingerprint density at radius 2 is 1.78 bits per heavy atom. The third-order valence-electron chi connectivity index (χ3n) is 5.03. The molecular formula is C21H34N3O2S+. The van der Waals surface area contributed by atoms with Crippen LogP contribution in [0.3, 0.4) is 0 Å². The van der Waals surface area contributed by atoms with Crippen LogP contribution in [0, 0.1) is 20.8 Å². The number of carbonyl (C=O) groups is 2. The first-order valence-corrected chi connectivity index (χ1v) is 11.0. The Morgan fingerprint density at radius 3 is 2.37 bits per heavy atom. The van der Waals surface area contributed by atoms with Crippen molar-refractivity contribution in [2.45, 2.75) is 45.4 Å². The Morgan fingerprint density at radius 1 is 1.15 bits per heavy atom. The summed E-state index contributed by atoms with van der Waals surface area (Å²) in [5.41, 5.74) is 3.75. The average Bonchev–Trinajstić information content (AvgIpc) is 2.61. The van der Waals surface area contributed by atoms with Crippen molar-refractivity contribution < 1.29 is 14.5 Å². The highest BCUT2D eigenvalue weighted by molar-refractivity contribution is 8.00. The molecule has 1 saturated heterocycles. The Hall–Kier alpha value is -1.53. The van der Waals surface area contributed by atoms with E-state index >= 15 is 0 Å². The smallest absolute Gasteiger partial charge is 0.275 e. The van der Waals surface area contributed by atoms with Gasteiger partial charge < -0.3 is 15.1 Å². The molecular weight excluding hydrogens is 358 g/mol. The van der Waals surface area contributed by atoms with E-state index in [9.17, 15) is 9.59 Å². The van der Waals surface area contributed by atoms with Crippen LogP contribution in [-0.2, 0) is 9.59 Å². The van der Waals surface area contributed by atoms with Crippen LogP contribution in [0.25, 0.3) is 0 Å². The third-order valence-corrected chi connectivity index (χ3v) is 6.35. The fourth-order valence-corrected chi connectivity index (χ4v) is 4.59. The van der Waals surface area contributed by atoms with E-state index in [0.29, 0.717) is 12.3 Å². The number of hydrogen-bond donors (Lipinski definition) is 2. The second-order valence-corrected chi connectivity index (χ2v) is 8.51. The normalized spacial score (nSPS) is 15.0. The molecule has 1 fully saturated rings. The molecule has 150 valence electrons. The summed E-state index contributed by atoms with van der Waals surface area (Å²) < 4.78 is 0. The summed E-state index contributed by atoms with van der Waals surface area (Å²) in [6.45, 7) is 12.9. The van der Waals surface area contributed by atoms with Gasteiger partial charge in [-0.2, -0.15) is 0 Å². The minimum atomic E-state index is 0.124. The number of unbranched alkanes of at least 4 members (excludes halogenated alkanes) is 1. The van der Waals surface area contributed by atoms with Crippen molar-refractivity contribution in [3.63, 3.8) is 0 Å². The number of benzene rings is 1. The minimum absolute atomic E-state index is 0.124. The lowest BCUT2D eigenvalue weighted by Crippen LogP contribution is -3.15. The zero-order chi connectivity index (χ0) is 19.8. The molecule has 6 heteroatoms. The maximum Gasteiger partial charge on any atom is 0.275 e. The van der Waals surface area contributed by atoms with Crippen molar-refractivity contribution >= 4 is 23.6 Å². The average molecular weight is 393 g/mol. The molecule has 0 aliphatic carbocycles. The molecule has 0 bridgehead atoms. The number of aryl methyl sites for hydroxylation is 3. The Balaban J connectivity index is 1.74. The predicted octanol–water partition coefficient (Wildman–Crippen LogP) is 1.35. The number of nitrogens with zero attached hydrogens (tertiary/aromatic N) is 1. The predicted molar refractivity (Wildman–Crippen MR) is 111 cm³/mol. The molecule has 1 aliphatic rings. The quantitative estimate of drug-likeness (QED) is 0.519. The van der Waals surface area contributed by atoms with Crippen LogP contribution in [0.2, 0.25) is 0 Å². The first-order valence-electron chi connectivity index (χ1n) is 9.99. The monoisotopic (exact) mass is 392 g/mol. The van der Waals surface area contributed by atoms with Crippen LogP contribution < -0.4 is 10.2 Å². The maximum atomic E-state index is 12.6. The van der Waals surface area contributed by atoms with E-state index < -0.39 is 0 Å². The second-order valence-electron chi connectivity index (χ2n) is 7.53. The Bertz CT molecular complexity index is 632. The molecule has 0 saturated carbocycles. The van der Waals surface area contributed by atoms with Crippen LogP contribution in [0.4, 0.5) is 0 Å². The van der Waals surface area contributed by atoms with Crippen molar-refractivity contribution in [2.75, 3.05) is 45.0 Å². The van der Waals surface area contributed by atoms with Gasteiger partial charge in [0.1, 0.15) is 0 Å². The van der Waals surface area contributed by atoms with E-state index in [0.717, 1.165) is 45.6 Å². The summed E-state index contributed by atoms with van der Waals surface area (Å²) in [4.78, 5) is 29.0. The minimum Gasteiger partial charge on any atom is -0.351 e. The number of nitrogens with one attached hydrogen (secondary N) is 2. The van der Waals surface area contributed by atoms with Gasteiger partial charge in [-0.05, 0) is 38.3 Å². The van der Waals surface area contributed by atoms with E-state index in [4.69, 9.17) is 0 Å². The van der Waals surface area contributed by atoms with Gasteiger partial charge in [-0.25, -0.2) is 0 Å². The van der Waals surface area contributed by atoms with Crippen molar-refractivity contribution in [1.82, 2.24) is 10.2 Å². The van der Waals surface area contributed by atoms with E-state index in [-0.39, 0.29) is 11.8 Å². The van der Waals surface area contributed by atoms with E-state index in [1.54, 1.807) is 11.8 Å². The number of rotatable bonds is 8. The summed E-state index contributed by atoms with van der Waals surface area (Å²) in [6.07, 6.45) is 2.12. The highest BCUT2D eigenvalue weighted by Crippen LogP contribution is 2.27. The van der Waals surface area contributed by atoms with Gasteiger partial charge in [0.2, 0.25) is 5.91 Å². The van der Waals surface area contributed by atoms with Crippen molar-refractivity contribution in [3.05, 3.63) is 28.8 Å². The zero-order valence-electron chi connectivity index (χ0n) is 17.2. The molecule has 2 rings (SSSR count). The molecule has 0 radical (unpaired) electrons. The highest BCUT2D eigenvalue weighted by Gasteiger charge is 2.25. The van der Waals surface area contributed by atoms with Crippen molar-refractivity contribution in [1.29, 1.82) is 0 Å². The van der Waals surface area contributed by atoms with Crippen molar-refractivity contribution in [3.8, 4) is 0 Å². The topological polar surface area (TPSA) is 53.9 Å². The summed E-state index contributed by atoms with van der Waals surface area (Å²) in [5.74, 6) is 0.808. The van der Waals surface area contributed by atoms with Gasteiger partial charge in [0.25, 0.3) is 5.91 Å². The van der Waals surface area contributed by atoms with Gasteiger partial charge in [-0.3, -0.25) is 9.59 Å². The lowest BCUT2D eigenvalue weighted by Gasteiger charge is -2.32. The molecule has 2 amide bonds. The Kier molecular flexibility index (Phi) is 8.64.